The second-order valence-electron chi connectivity index (χ2n) is 7.68. The zero-order chi connectivity index (χ0) is 19.5. The lowest BCUT2D eigenvalue weighted by Crippen LogP contribution is -2.30. The number of nitrogens with zero attached hydrogens (tertiary/aromatic N) is 1. The molecule has 1 saturated heterocycles. The van der Waals surface area contributed by atoms with E-state index in [9.17, 15) is 9.59 Å². The Morgan fingerprint density at radius 2 is 1.86 bits per heavy atom. The highest BCUT2D eigenvalue weighted by Gasteiger charge is 2.33. The van der Waals surface area contributed by atoms with E-state index in [2.05, 4.69) is 5.32 Å². The first-order valence-corrected chi connectivity index (χ1v) is 9.95. The molecule has 1 saturated carbocycles. The van der Waals surface area contributed by atoms with Crippen LogP contribution in [0.15, 0.2) is 48.5 Å². The van der Waals surface area contributed by atoms with Crippen molar-refractivity contribution in [3.63, 3.8) is 0 Å². The molecule has 146 valence electrons. The Morgan fingerprint density at radius 1 is 1.14 bits per heavy atom. The van der Waals surface area contributed by atoms with Gasteiger partial charge in [-0.15, -0.1) is 0 Å². The molecule has 2 aromatic rings. The van der Waals surface area contributed by atoms with Gasteiger partial charge in [-0.2, -0.15) is 0 Å². The standard InChI is InChI=1S/C23H26N2O3/c1-28-20-12-10-18(11-13-20)22(17-8-9-17)24-23(27)19-6-4-16(5-7-19)15-25-14-2-3-21(25)26/h4-7,10-13,17,22H,2-3,8-9,14-15H2,1H3,(H,24,27). The van der Waals surface area contributed by atoms with Crippen LogP contribution >= 0.6 is 0 Å². The molecule has 1 heterocycles. The van der Waals surface area contributed by atoms with Crippen molar-refractivity contribution >= 4 is 11.8 Å². The molecule has 1 unspecified atom stereocenters. The fourth-order valence-corrected chi connectivity index (χ4v) is 3.79. The Hall–Kier alpha value is -2.82. The molecular weight excluding hydrogens is 352 g/mol. The van der Waals surface area contributed by atoms with Gasteiger partial charge in [0, 0.05) is 25.1 Å². The summed E-state index contributed by atoms with van der Waals surface area (Å²) in [5.74, 6) is 1.47. The molecule has 5 nitrogen and oxygen atoms in total. The molecule has 28 heavy (non-hydrogen) atoms. The first-order chi connectivity index (χ1) is 13.6. The van der Waals surface area contributed by atoms with Crippen LogP contribution in [0.1, 0.15) is 53.2 Å². The predicted octanol–water partition coefficient (Wildman–Crippen LogP) is 3.70. The fourth-order valence-electron chi connectivity index (χ4n) is 3.79. The Bertz CT molecular complexity index is 841. The molecule has 0 spiro atoms. The van der Waals surface area contributed by atoms with Gasteiger partial charge in [-0.25, -0.2) is 0 Å². The number of benzene rings is 2. The van der Waals surface area contributed by atoms with Crippen LogP contribution < -0.4 is 10.1 Å². The summed E-state index contributed by atoms with van der Waals surface area (Å²) in [5, 5.41) is 3.20. The monoisotopic (exact) mass is 378 g/mol. The summed E-state index contributed by atoms with van der Waals surface area (Å²) in [6.45, 7) is 1.45. The Balaban J connectivity index is 1.41. The number of ether oxygens (including phenoxy) is 1. The maximum atomic E-state index is 12.8. The molecule has 0 bridgehead atoms. The largest absolute Gasteiger partial charge is 0.497 e. The van der Waals surface area contributed by atoms with Crippen molar-refractivity contribution in [1.82, 2.24) is 10.2 Å². The van der Waals surface area contributed by atoms with Crippen LogP contribution in [-0.4, -0.2) is 30.4 Å². The van der Waals surface area contributed by atoms with E-state index in [4.69, 9.17) is 4.74 Å². The molecule has 1 N–H and O–H groups in total. The van der Waals surface area contributed by atoms with Crippen molar-refractivity contribution in [3.05, 3.63) is 65.2 Å². The minimum absolute atomic E-state index is 0.0281. The third-order valence-corrected chi connectivity index (χ3v) is 5.62. The predicted molar refractivity (Wildman–Crippen MR) is 107 cm³/mol. The zero-order valence-electron chi connectivity index (χ0n) is 16.2. The smallest absolute Gasteiger partial charge is 0.251 e. The molecule has 2 aliphatic rings. The number of hydrogen-bond acceptors (Lipinski definition) is 3. The van der Waals surface area contributed by atoms with Gasteiger partial charge in [0.15, 0.2) is 0 Å². The molecule has 5 heteroatoms. The van der Waals surface area contributed by atoms with Crippen molar-refractivity contribution in [1.29, 1.82) is 0 Å². The van der Waals surface area contributed by atoms with E-state index in [1.165, 1.54) is 0 Å². The SMILES string of the molecule is COc1ccc(C(NC(=O)c2ccc(CN3CCCC3=O)cc2)C2CC2)cc1. The average molecular weight is 378 g/mol. The van der Waals surface area contributed by atoms with Gasteiger partial charge in [-0.05, 0) is 60.6 Å². The molecule has 2 aromatic carbocycles. The number of rotatable bonds is 7. The lowest BCUT2D eigenvalue weighted by Gasteiger charge is -2.19. The molecule has 1 aliphatic heterocycles. The number of methoxy groups -OCH3 is 1. The van der Waals surface area contributed by atoms with E-state index in [1.54, 1.807) is 7.11 Å². The van der Waals surface area contributed by atoms with Crippen LogP contribution in [0.25, 0.3) is 0 Å². The summed E-state index contributed by atoms with van der Waals surface area (Å²) in [4.78, 5) is 26.4. The van der Waals surface area contributed by atoms with Crippen molar-refractivity contribution in [3.8, 4) is 5.75 Å². The Morgan fingerprint density at radius 3 is 2.43 bits per heavy atom. The van der Waals surface area contributed by atoms with Gasteiger partial charge in [-0.3, -0.25) is 9.59 Å². The van der Waals surface area contributed by atoms with E-state index in [-0.39, 0.29) is 17.9 Å². The molecule has 1 aliphatic carbocycles. The summed E-state index contributed by atoms with van der Waals surface area (Å²) in [6, 6.07) is 15.5. The number of likely N-dealkylation sites (tertiary alicyclic amines) is 1. The average Bonchev–Trinajstić information content (AvgIpc) is 3.49. The summed E-state index contributed by atoms with van der Waals surface area (Å²) >= 11 is 0. The maximum absolute atomic E-state index is 12.8. The highest BCUT2D eigenvalue weighted by atomic mass is 16.5. The molecule has 2 amide bonds. The molecule has 4 rings (SSSR count). The number of amides is 2. The van der Waals surface area contributed by atoms with E-state index >= 15 is 0 Å². The third kappa shape index (κ3) is 4.19. The second kappa shape index (κ2) is 8.05. The molecule has 0 radical (unpaired) electrons. The quantitative estimate of drug-likeness (QED) is 0.799. The maximum Gasteiger partial charge on any atom is 0.251 e. The Kier molecular flexibility index (Phi) is 5.33. The topological polar surface area (TPSA) is 58.6 Å². The van der Waals surface area contributed by atoms with E-state index < -0.39 is 0 Å². The van der Waals surface area contributed by atoms with Crippen molar-refractivity contribution in [2.24, 2.45) is 5.92 Å². The van der Waals surface area contributed by atoms with E-state index in [0.717, 1.165) is 42.7 Å². The zero-order valence-corrected chi connectivity index (χ0v) is 16.2. The lowest BCUT2D eigenvalue weighted by atomic mass is 10.0. The van der Waals surface area contributed by atoms with Crippen LogP contribution in [0, 0.1) is 5.92 Å². The second-order valence-corrected chi connectivity index (χ2v) is 7.68. The van der Waals surface area contributed by atoms with Crippen LogP contribution in [0.2, 0.25) is 0 Å². The summed E-state index contributed by atoms with van der Waals surface area (Å²) in [7, 11) is 1.65. The lowest BCUT2D eigenvalue weighted by molar-refractivity contribution is -0.128. The highest BCUT2D eigenvalue weighted by Crippen LogP contribution is 2.41. The summed E-state index contributed by atoms with van der Waals surface area (Å²) in [5.41, 5.74) is 2.82. The minimum atomic E-state index is -0.0588. The van der Waals surface area contributed by atoms with Crippen LogP contribution in [0.5, 0.6) is 5.75 Å². The molecule has 2 fully saturated rings. The van der Waals surface area contributed by atoms with Crippen molar-refractivity contribution in [2.75, 3.05) is 13.7 Å². The molecule has 0 aromatic heterocycles. The number of carbonyl (C=O) groups is 2. The molecule has 1 atom stereocenters. The number of nitrogens with one attached hydrogen (secondary N) is 1. The van der Waals surface area contributed by atoms with Gasteiger partial charge in [-0.1, -0.05) is 24.3 Å². The summed E-state index contributed by atoms with van der Waals surface area (Å²) in [6.07, 6.45) is 3.86. The minimum Gasteiger partial charge on any atom is -0.497 e. The Labute approximate surface area is 165 Å². The van der Waals surface area contributed by atoms with E-state index in [0.29, 0.717) is 24.4 Å². The third-order valence-electron chi connectivity index (χ3n) is 5.62. The van der Waals surface area contributed by atoms with Gasteiger partial charge >= 0.3 is 0 Å². The van der Waals surface area contributed by atoms with Gasteiger partial charge in [0.05, 0.1) is 13.2 Å². The normalized spacial score (nSPS) is 17.5. The van der Waals surface area contributed by atoms with Crippen LogP contribution in [0.3, 0.4) is 0 Å². The number of hydrogen-bond donors (Lipinski definition) is 1. The van der Waals surface area contributed by atoms with Gasteiger partial charge in [0.2, 0.25) is 5.91 Å². The van der Waals surface area contributed by atoms with Crippen molar-refractivity contribution in [2.45, 2.75) is 38.3 Å². The van der Waals surface area contributed by atoms with Crippen LogP contribution in [0.4, 0.5) is 0 Å². The van der Waals surface area contributed by atoms with Gasteiger partial charge < -0.3 is 15.0 Å². The summed E-state index contributed by atoms with van der Waals surface area (Å²) < 4.78 is 5.23. The highest BCUT2D eigenvalue weighted by molar-refractivity contribution is 5.94. The van der Waals surface area contributed by atoms with Gasteiger partial charge in [0.25, 0.3) is 5.91 Å². The number of carbonyl (C=O) groups excluding carboxylic acids is 2. The van der Waals surface area contributed by atoms with Gasteiger partial charge in [0.1, 0.15) is 5.75 Å². The van der Waals surface area contributed by atoms with Crippen molar-refractivity contribution < 1.29 is 14.3 Å². The van der Waals surface area contributed by atoms with Crippen LogP contribution in [-0.2, 0) is 11.3 Å². The van der Waals surface area contributed by atoms with E-state index in [1.807, 2.05) is 53.4 Å². The first kappa shape index (κ1) is 18.5. The molecular formula is C23H26N2O3. The fraction of sp³-hybridized carbons (Fsp3) is 0.391. The first-order valence-electron chi connectivity index (χ1n) is 9.95.